The molecule has 3 fully saturated rings. The first-order valence-electron chi connectivity index (χ1n) is 17.7. The van der Waals surface area contributed by atoms with Crippen molar-refractivity contribution in [1.29, 1.82) is 0 Å². The molecule has 250 valence electrons. The standard InChI is InChI=1S/C37H47ClN6O3/c1-26-23-41(25-40-26)19-16-30-9-5-6-18-43(30)36(45)33-24-42(20-21-44(33)37(46)47-31-10-3-2-4-11-31)35-32-15-14-29(38)22-28(32)13-12-27-8-7-17-39-34(27)35/h7-8,14-15,17,22-23,25,30-31,33,35H,2-6,9-13,16,18-21,24H2,1H3/t30-,33+,35?/m0/s1. The summed E-state index contributed by atoms with van der Waals surface area (Å²) in [5, 5.41) is 0.728. The van der Waals surface area contributed by atoms with Gasteiger partial charge < -0.3 is 14.2 Å². The van der Waals surface area contributed by atoms with Crippen LogP contribution in [0.1, 0.15) is 91.9 Å². The summed E-state index contributed by atoms with van der Waals surface area (Å²) in [6, 6.07) is 9.70. The first-order valence-corrected chi connectivity index (χ1v) is 18.0. The normalized spacial score (nSPS) is 23.9. The van der Waals surface area contributed by atoms with E-state index in [1.165, 1.54) is 23.1 Å². The Morgan fingerprint density at radius 3 is 2.60 bits per heavy atom. The molecular formula is C37H47ClN6O3. The van der Waals surface area contributed by atoms with E-state index in [1.807, 2.05) is 31.6 Å². The van der Waals surface area contributed by atoms with Gasteiger partial charge in [-0.25, -0.2) is 9.78 Å². The van der Waals surface area contributed by atoms with Crippen LogP contribution in [0.4, 0.5) is 4.79 Å². The number of aromatic nitrogens is 3. The van der Waals surface area contributed by atoms with Gasteiger partial charge in [-0.3, -0.25) is 19.6 Å². The molecular weight excluding hydrogens is 612 g/mol. The van der Waals surface area contributed by atoms with Gasteiger partial charge in [0.25, 0.3) is 0 Å². The van der Waals surface area contributed by atoms with E-state index in [0.717, 1.165) is 87.2 Å². The summed E-state index contributed by atoms with van der Waals surface area (Å²) in [6.07, 6.45) is 16.2. The first kappa shape index (κ1) is 32.1. The van der Waals surface area contributed by atoms with Crippen molar-refractivity contribution in [3.63, 3.8) is 0 Å². The number of hydrogen-bond donors (Lipinski definition) is 0. The molecule has 47 heavy (non-hydrogen) atoms. The van der Waals surface area contributed by atoms with Crippen molar-refractivity contribution in [2.75, 3.05) is 26.2 Å². The number of amides is 2. The number of aryl methyl sites for hydroxylation is 4. The van der Waals surface area contributed by atoms with Gasteiger partial charge in [-0.1, -0.05) is 30.2 Å². The van der Waals surface area contributed by atoms with Gasteiger partial charge in [0.1, 0.15) is 12.1 Å². The molecule has 3 aromatic rings. The average molecular weight is 659 g/mol. The maximum Gasteiger partial charge on any atom is 0.410 e. The van der Waals surface area contributed by atoms with Crippen LogP contribution in [0.5, 0.6) is 0 Å². The van der Waals surface area contributed by atoms with Crippen molar-refractivity contribution >= 4 is 23.6 Å². The van der Waals surface area contributed by atoms with Gasteiger partial charge in [0.2, 0.25) is 5.91 Å². The molecule has 0 bridgehead atoms. The van der Waals surface area contributed by atoms with E-state index in [0.29, 0.717) is 26.2 Å². The zero-order chi connectivity index (χ0) is 32.3. The van der Waals surface area contributed by atoms with Crippen LogP contribution in [0.15, 0.2) is 49.1 Å². The van der Waals surface area contributed by atoms with Crippen molar-refractivity contribution in [3.8, 4) is 0 Å². The van der Waals surface area contributed by atoms with E-state index in [2.05, 4.69) is 43.7 Å². The molecule has 2 saturated heterocycles. The minimum atomic E-state index is -0.637. The van der Waals surface area contributed by atoms with E-state index >= 15 is 0 Å². The van der Waals surface area contributed by atoms with E-state index in [1.54, 1.807) is 4.90 Å². The molecule has 2 aromatic heterocycles. The van der Waals surface area contributed by atoms with Crippen LogP contribution in [0.2, 0.25) is 5.02 Å². The molecule has 0 spiro atoms. The van der Waals surface area contributed by atoms with Crippen LogP contribution < -0.4 is 0 Å². The van der Waals surface area contributed by atoms with E-state index in [-0.39, 0.29) is 30.2 Å². The third kappa shape index (κ3) is 7.07. The number of rotatable bonds is 6. The van der Waals surface area contributed by atoms with E-state index in [9.17, 15) is 9.59 Å². The van der Waals surface area contributed by atoms with Crippen LogP contribution in [0, 0.1) is 6.92 Å². The first-order chi connectivity index (χ1) is 22.9. The molecule has 9 nitrogen and oxygen atoms in total. The van der Waals surface area contributed by atoms with Crippen molar-refractivity contribution in [2.45, 2.75) is 108 Å². The number of pyridine rings is 1. The highest BCUT2D eigenvalue weighted by Crippen LogP contribution is 2.38. The van der Waals surface area contributed by atoms with Crippen molar-refractivity contribution in [3.05, 3.63) is 82.2 Å². The molecule has 4 aliphatic rings. The number of carbonyl (C=O) groups is 2. The number of likely N-dealkylation sites (tertiary alicyclic amines) is 1. The lowest BCUT2D eigenvalue weighted by Gasteiger charge is -2.46. The number of piperidine rings is 1. The summed E-state index contributed by atoms with van der Waals surface area (Å²) < 4.78 is 8.23. The third-order valence-corrected chi connectivity index (χ3v) is 11.0. The predicted octanol–water partition coefficient (Wildman–Crippen LogP) is 6.35. The Kier molecular flexibility index (Phi) is 9.82. The quantitative estimate of drug-likeness (QED) is 0.307. The molecule has 10 heteroatoms. The minimum Gasteiger partial charge on any atom is -0.446 e. The van der Waals surface area contributed by atoms with Crippen molar-refractivity contribution < 1.29 is 14.3 Å². The van der Waals surface area contributed by atoms with Gasteiger partial charge in [-0.2, -0.15) is 0 Å². The molecule has 1 saturated carbocycles. The second-order valence-corrected chi connectivity index (χ2v) is 14.3. The second-order valence-electron chi connectivity index (χ2n) is 13.9. The summed E-state index contributed by atoms with van der Waals surface area (Å²) in [4.78, 5) is 44.2. The average Bonchev–Trinajstić information content (AvgIpc) is 3.45. The second kappa shape index (κ2) is 14.4. The zero-order valence-electron chi connectivity index (χ0n) is 27.5. The van der Waals surface area contributed by atoms with Crippen LogP contribution >= 0.6 is 11.6 Å². The highest BCUT2D eigenvalue weighted by molar-refractivity contribution is 6.30. The molecule has 3 atom stereocenters. The number of imidazole rings is 1. The van der Waals surface area contributed by atoms with E-state index in [4.69, 9.17) is 21.3 Å². The fraction of sp³-hybridized carbons (Fsp3) is 0.568. The van der Waals surface area contributed by atoms with Crippen LogP contribution in [0.3, 0.4) is 0 Å². The fourth-order valence-electron chi connectivity index (χ4n) is 8.29. The van der Waals surface area contributed by atoms with Gasteiger partial charge in [0.15, 0.2) is 0 Å². The number of ether oxygens (including phenoxy) is 1. The summed E-state index contributed by atoms with van der Waals surface area (Å²) in [5.41, 5.74) is 5.65. The number of carbonyl (C=O) groups excluding carboxylic acids is 2. The van der Waals surface area contributed by atoms with Crippen LogP contribution in [0.25, 0.3) is 0 Å². The SMILES string of the molecule is Cc1cn(CC[C@@H]2CCCCN2C(=O)[C@H]2CN(C3c4ccc(Cl)cc4CCc4cccnc43)CCN2C(=O)OC2CCCCC2)cn1. The number of benzene rings is 1. The van der Waals surface area contributed by atoms with E-state index < -0.39 is 6.04 Å². The highest BCUT2D eigenvalue weighted by atomic mass is 35.5. The zero-order valence-corrected chi connectivity index (χ0v) is 28.3. The lowest BCUT2D eigenvalue weighted by Crippen LogP contribution is -2.63. The monoisotopic (exact) mass is 658 g/mol. The van der Waals surface area contributed by atoms with Gasteiger partial charge in [-0.15, -0.1) is 0 Å². The Labute approximate surface area is 283 Å². The van der Waals surface area contributed by atoms with Crippen LogP contribution in [-0.2, 0) is 28.9 Å². The van der Waals surface area contributed by atoms with Gasteiger partial charge in [0.05, 0.1) is 23.8 Å². The summed E-state index contributed by atoms with van der Waals surface area (Å²) in [5.74, 6) is 0.0352. The Hall–Kier alpha value is -3.43. The molecule has 2 aliphatic heterocycles. The van der Waals surface area contributed by atoms with Gasteiger partial charge in [-0.05, 0) is 106 Å². The molecule has 0 N–H and O–H groups in total. The number of nitrogens with zero attached hydrogens (tertiary/aromatic N) is 6. The third-order valence-electron chi connectivity index (χ3n) is 10.8. The fourth-order valence-corrected chi connectivity index (χ4v) is 8.48. The van der Waals surface area contributed by atoms with Crippen molar-refractivity contribution in [1.82, 2.24) is 29.2 Å². The maximum atomic E-state index is 14.8. The Balaban J connectivity index is 1.19. The number of fused-ring (bicyclic) bond motifs is 2. The lowest BCUT2D eigenvalue weighted by molar-refractivity contribution is -0.143. The summed E-state index contributed by atoms with van der Waals surface area (Å²) in [6.45, 7) is 4.99. The Morgan fingerprint density at radius 2 is 1.77 bits per heavy atom. The number of halogens is 1. The smallest absolute Gasteiger partial charge is 0.410 e. The predicted molar refractivity (Wildman–Crippen MR) is 181 cm³/mol. The topological polar surface area (TPSA) is 83.8 Å². The highest BCUT2D eigenvalue weighted by Gasteiger charge is 2.44. The molecule has 2 amide bonds. The molecule has 7 rings (SSSR count). The molecule has 1 aromatic carbocycles. The molecule has 4 heterocycles. The Morgan fingerprint density at radius 1 is 0.936 bits per heavy atom. The molecule has 2 aliphatic carbocycles. The number of piperazine rings is 1. The maximum absolute atomic E-state index is 14.8. The minimum absolute atomic E-state index is 0.0352. The summed E-state index contributed by atoms with van der Waals surface area (Å²) in [7, 11) is 0. The van der Waals surface area contributed by atoms with Crippen molar-refractivity contribution in [2.24, 2.45) is 0 Å². The van der Waals surface area contributed by atoms with Gasteiger partial charge in [0, 0.05) is 56.2 Å². The molecule has 0 radical (unpaired) electrons. The number of hydrogen-bond acceptors (Lipinski definition) is 6. The molecule has 1 unspecified atom stereocenters. The van der Waals surface area contributed by atoms with Gasteiger partial charge >= 0.3 is 6.09 Å². The Bertz CT molecular complexity index is 1570. The lowest BCUT2D eigenvalue weighted by atomic mass is 9.94. The largest absolute Gasteiger partial charge is 0.446 e. The van der Waals surface area contributed by atoms with Crippen LogP contribution in [-0.4, -0.2) is 85.6 Å². The summed E-state index contributed by atoms with van der Waals surface area (Å²) >= 11 is 6.50.